The maximum Gasteiger partial charge on any atom is 0.216 e. The fraction of sp³-hybridized carbons (Fsp3) is 0.667. The van der Waals surface area contributed by atoms with Crippen LogP contribution in [0.2, 0.25) is 0 Å². The van der Waals surface area contributed by atoms with E-state index in [0.29, 0.717) is 18.4 Å². The summed E-state index contributed by atoms with van der Waals surface area (Å²) in [5.41, 5.74) is 1.86. The topological polar surface area (TPSA) is 73.8 Å². The molecule has 1 aliphatic rings. The minimum absolute atomic E-state index is 0.000915. The Labute approximate surface area is 170 Å². The van der Waals surface area contributed by atoms with E-state index in [1.807, 2.05) is 38.1 Å². The van der Waals surface area contributed by atoms with E-state index in [1.165, 1.54) is 6.42 Å². The van der Waals surface area contributed by atoms with E-state index in [1.54, 1.807) is 0 Å². The van der Waals surface area contributed by atoms with E-state index < -0.39 is 10.0 Å². The largest absolute Gasteiger partial charge is 0.357 e. The minimum Gasteiger partial charge on any atom is -0.357 e. The highest BCUT2D eigenvalue weighted by Gasteiger charge is 2.23. The number of hydrogen-bond acceptors (Lipinski definition) is 3. The fourth-order valence-corrected chi connectivity index (χ4v) is 5.22. The summed E-state index contributed by atoms with van der Waals surface area (Å²) in [5, 5.41) is 3.41. The molecule has 1 aromatic rings. The van der Waals surface area contributed by atoms with Gasteiger partial charge in [0.15, 0.2) is 5.96 Å². The van der Waals surface area contributed by atoms with E-state index in [-0.39, 0.29) is 11.8 Å². The molecule has 2 N–H and O–H groups in total. The molecule has 7 heteroatoms. The normalized spacial score (nSPS) is 21.2. The SMILES string of the molecule is CCNC(=NCc1ccc(CS(=O)(=O)NC(C)C)cc1)N1CC(C)CC(C)C1. The lowest BCUT2D eigenvalue weighted by Crippen LogP contribution is -2.48. The van der Waals surface area contributed by atoms with E-state index in [9.17, 15) is 8.42 Å². The lowest BCUT2D eigenvalue weighted by molar-refractivity contribution is 0.208. The quantitative estimate of drug-likeness (QED) is 0.537. The molecule has 1 aliphatic heterocycles. The highest BCUT2D eigenvalue weighted by molar-refractivity contribution is 7.88. The molecule has 158 valence electrons. The van der Waals surface area contributed by atoms with Crippen molar-refractivity contribution >= 4 is 16.0 Å². The van der Waals surface area contributed by atoms with E-state index in [0.717, 1.165) is 36.7 Å². The fourth-order valence-electron chi connectivity index (χ4n) is 3.79. The third-order valence-electron chi connectivity index (χ3n) is 4.71. The van der Waals surface area contributed by atoms with Crippen molar-refractivity contribution in [3.8, 4) is 0 Å². The highest BCUT2D eigenvalue weighted by atomic mass is 32.2. The molecule has 0 spiro atoms. The molecule has 0 saturated carbocycles. The van der Waals surface area contributed by atoms with Gasteiger partial charge in [-0.05, 0) is 50.2 Å². The number of aliphatic imine (C=N–C) groups is 1. The number of nitrogens with one attached hydrogen (secondary N) is 2. The van der Waals surface area contributed by atoms with Gasteiger partial charge in [-0.15, -0.1) is 0 Å². The van der Waals surface area contributed by atoms with E-state index >= 15 is 0 Å². The number of hydrogen-bond donors (Lipinski definition) is 2. The van der Waals surface area contributed by atoms with E-state index in [4.69, 9.17) is 4.99 Å². The Hall–Kier alpha value is -1.60. The van der Waals surface area contributed by atoms with Crippen LogP contribution >= 0.6 is 0 Å². The van der Waals surface area contributed by atoms with Crippen molar-refractivity contribution in [1.82, 2.24) is 14.9 Å². The summed E-state index contributed by atoms with van der Waals surface area (Å²) in [6, 6.07) is 7.59. The van der Waals surface area contributed by atoms with Crippen LogP contribution in [-0.4, -0.2) is 45.0 Å². The van der Waals surface area contributed by atoms with Crippen LogP contribution in [0.15, 0.2) is 29.3 Å². The van der Waals surface area contributed by atoms with Crippen LogP contribution < -0.4 is 10.0 Å². The smallest absolute Gasteiger partial charge is 0.216 e. The second-order valence-electron chi connectivity index (χ2n) is 8.37. The van der Waals surface area contributed by atoms with Gasteiger partial charge in [0, 0.05) is 25.7 Å². The van der Waals surface area contributed by atoms with Crippen molar-refractivity contribution < 1.29 is 8.42 Å². The lowest BCUT2D eigenvalue weighted by atomic mass is 9.92. The molecule has 2 unspecified atom stereocenters. The molecule has 0 bridgehead atoms. The molecule has 6 nitrogen and oxygen atoms in total. The predicted octanol–water partition coefficient (Wildman–Crippen LogP) is 2.96. The van der Waals surface area contributed by atoms with Crippen molar-refractivity contribution in [3.05, 3.63) is 35.4 Å². The zero-order chi connectivity index (χ0) is 20.7. The third kappa shape index (κ3) is 7.43. The van der Waals surface area contributed by atoms with Crippen molar-refractivity contribution in [1.29, 1.82) is 0 Å². The second-order valence-corrected chi connectivity index (χ2v) is 10.1. The number of sulfonamides is 1. The summed E-state index contributed by atoms with van der Waals surface area (Å²) in [6.45, 7) is 13.8. The van der Waals surface area contributed by atoms with Gasteiger partial charge in [0.2, 0.25) is 10.0 Å². The maximum atomic E-state index is 12.1. The van der Waals surface area contributed by atoms with Gasteiger partial charge in [0.25, 0.3) is 0 Å². The zero-order valence-corrected chi connectivity index (χ0v) is 18.7. The molecule has 2 rings (SSSR count). The average molecular weight is 409 g/mol. The van der Waals surface area contributed by atoms with Crippen molar-refractivity contribution in [3.63, 3.8) is 0 Å². The van der Waals surface area contributed by atoms with Gasteiger partial charge < -0.3 is 10.2 Å². The molecule has 1 aromatic carbocycles. The van der Waals surface area contributed by atoms with Crippen LogP contribution in [0.1, 0.15) is 52.2 Å². The Morgan fingerprint density at radius 2 is 1.71 bits per heavy atom. The summed E-state index contributed by atoms with van der Waals surface area (Å²) in [6.07, 6.45) is 1.27. The van der Waals surface area contributed by atoms with Gasteiger partial charge in [-0.2, -0.15) is 0 Å². The van der Waals surface area contributed by atoms with Crippen molar-refractivity contribution in [2.45, 2.75) is 59.4 Å². The van der Waals surface area contributed by atoms with Gasteiger partial charge in [0.1, 0.15) is 0 Å². The number of rotatable bonds is 7. The first-order valence-electron chi connectivity index (χ1n) is 10.3. The Balaban J connectivity index is 2.02. The average Bonchev–Trinajstić information content (AvgIpc) is 2.57. The first-order chi connectivity index (χ1) is 13.2. The Morgan fingerprint density at radius 1 is 1.14 bits per heavy atom. The first kappa shape index (κ1) is 22.7. The first-order valence-corrected chi connectivity index (χ1v) is 11.9. The number of nitrogens with zero attached hydrogens (tertiary/aromatic N) is 2. The molecule has 0 aromatic heterocycles. The summed E-state index contributed by atoms with van der Waals surface area (Å²) in [4.78, 5) is 7.18. The monoisotopic (exact) mass is 408 g/mol. The molecular formula is C21H36N4O2S. The van der Waals surface area contributed by atoms with Crippen LogP contribution in [0.3, 0.4) is 0 Å². The molecule has 1 heterocycles. The summed E-state index contributed by atoms with van der Waals surface area (Å²) in [5.74, 6) is 2.32. The lowest BCUT2D eigenvalue weighted by Gasteiger charge is -2.37. The van der Waals surface area contributed by atoms with E-state index in [2.05, 4.69) is 35.7 Å². The summed E-state index contributed by atoms with van der Waals surface area (Å²) < 4.78 is 26.7. The van der Waals surface area contributed by atoms with Crippen LogP contribution in [0.4, 0.5) is 0 Å². The number of piperidine rings is 1. The highest BCUT2D eigenvalue weighted by Crippen LogP contribution is 2.21. The Kier molecular flexibility index (Phi) is 8.31. The number of likely N-dealkylation sites (tertiary alicyclic amines) is 1. The van der Waals surface area contributed by atoms with Gasteiger partial charge in [-0.3, -0.25) is 0 Å². The Bertz CT molecular complexity index is 734. The molecule has 1 fully saturated rings. The van der Waals surface area contributed by atoms with Crippen LogP contribution in [-0.2, 0) is 22.3 Å². The number of guanidine groups is 1. The predicted molar refractivity (Wildman–Crippen MR) is 117 cm³/mol. The van der Waals surface area contributed by atoms with Gasteiger partial charge in [-0.25, -0.2) is 18.1 Å². The summed E-state index contributed by atoms with van der Waals surface area (Å²) in [7, 11) is -3.30. The molecule has 2 atom stereocenters. The van der Waals surface area contributed by atoms with Crippen molar-refractivity contribution in [2.24, 2.45) is 16.8 Å². The molecule has 0 amide bonds. The second kappa shape index (κ2) is 10.3. The zero-order valence-electron chi connectivity index (χ0n) is 17.9. The molecule has 0 radical (unpaired) electrons. The number of benzene rings is 1. The summed E-state index contributed by atoms with van der Waals surface area (Å²) >= 11 is 0. The van der Waals surface area contributed by atoms with Gasteiger partial charge >= 0.3 is 0 Å². The van der Waals surface area contributed by atoms with Crippen molar-refractivity contribution in [2.75, 3.05) is 19.6 Å². The van der Waals surface area contributed by atoms with Crippen LogP contribution in [0, 0.1) is 11.8 Å². The maximum absolute atomic E-state index is 12.1. The van der Waals surface area contributed by atoms with Crippen LogP contribution in [0.25, 0.3) is 0 Å². The van der Waals surface area contributed by atoms with Gasteiger partial charge in [-0.1, -0.05) is 38.1 Å². The Morgan fingerprint density at radius 3 is 2.25 bits per heavy atom. The standard InChI is InChI=1S/C21H36N4O2S/c1-6-22-21(25-13-17(4)11-18(5)14-25)23-12-19-7-9-20(10-8-19)15-28(26,27)24-16(2)3/h7-10,16-18,24H,6,11-15H2,1-5H3,(H,22,23). The molecule has 28 heavy (non-hydrogen) atoms. The third-order valence-corrected chi connectivity index (χ3v) is 6.25. The molecule has 1 saturated heterocycles. The van der Waals surface area contributed by atoms with Crippen LogP contribution in [0.5, 0.6) is 0 Å². The van der Waals surface area contributed by atoms with Gasteiger partial charge in [0.05, 0.1) is 12.3 Å². The molecule has 0 aliphatic carbocycles. The minimum atomic E-state index is -3.30. The molecular weight excluding hydrogens is 372 g/mol.